The first-order chi connectivity index (χ1) is 8.83. The summed E-state index contributed by atoms with van der Waals surface area (Å²) in [5.74, 6) is 1.13. The van der Waals surface area contributed by atoms with Gasteiger partial charge in [0.15, 0.2) is 0 Å². The minimum atomic E-state index is -4.12. The zero-order valence-electron chi connectivity index (χ0n) is 10.9. The van der Waals surface area contributed by atoms with Crippen LogP contribution in [0.25, 0.3) is 0 Å². The van der Waals surface area contributed by atoms with E-state index >= 15 is 0 Å². The van der Waals surface area contributed by atoms with E-state index in [9.17, 15) is 13.2 Å². The van der Waals surface area contributed by atoms with Crippen LogP contribution in [-0.4, -0.2) is 22.7 Å². The highest BCUT2D eigenvalue weighted by Gasteiger charge is 2.25. The van der Waals surface area contributed by atoms with Crippen LogP contribution >= 0.6 is 11.6 Å². The molecule has 0 spiro atoms. The fourth-order valence-corrected chi connectivity index (χ4v) is 1.72. The van der Waals surface area contributed by atoms with Gasteiger partial charge in [-0.1, -0.05) is 18.5 Å². The van der Waals surface area contributed by atoms with Gasteiger partial charge < -0.3 is 5.32 Å². The zero-order valence-corrected chi connectivity index (χ0v) is 11.7. The summed E-state index contributed by atoms with van der Waals surface area (Å²) in [5, 5.41) is 3.23. The van der Waals surface area contributed by atoms with Gasteiger partial charge in [0.25, 0.3) is 0 Å². The van der Waals surface area contributed by atoms with Crippen LogP contribution in [0, 0.1) is 6.92 Å². The highest BCUT2D eigenvalue weighted by molar-refractivity contribution is 6.30. The van der Waals surface area contributed by atoms with Crippen molar-refractivity contribution in [2.75, 3.05) is 11.9 Å². The normalized spacial score (nSPS) is 11.7. The SMILES string of the molecule is CCCc1nc(Cl)c(C)c(NCCCC(F)(F)F)n1. The molecule has 0 radical (unpaired) electrons. The van der Waals surface area contributed by atoms with Crippen molar-refractivity contribution in [3.63, 3.8) is 0 Å². The Balaban J connectivity index is 2.61. The van der Waals surface area contributed by atoms with Crippen molar-refractivity contribution in [3.8, 4) is 0 Å². The number of aromatic nitrogens is 2. The molecule has 108 valence electrons. The Bertz CT molecular complexity index is 421. The summed E-state index contributed by atoms with van der Waals surface area (Å²) < 4.78 is 36.0. The van der Waals surface area contributed by atoms with Crippen LogP contribution < -0.4 is 5.32 Å². The Morgan fingerprint density at radius 3 is 2.53 bits per heavy atom. The first-order valence-corrected chi connectivity index (χ1v) is 6.55. The highest BCUT2D eigenvalue weighted by atomic mass is 35.5. The van der Waals surface area contributed by atoms with Crippen molar-refractivity contribution >= 4 is 17.4 Å². The van der Waals surface area contributed by atoms with Gasteiger partial charge in [-0.15, -0.1) is 0 Å². The van der Waals surface area contributed by atoms with Crippen LogP contribution in [0.4, 0.5) is 19.0 Å². The van der Waals surface area contributed by atoms with Crippen molar-refractivity contribution in [1.82, 2.24) is 9.97 Å². The number of aryl methyl sites for hydroxylation is 1. The molecule has 1 heterocycles. The topological polar surface area (TPSA) is 37.8 Å². The van der Waals surface area contributed by atoms with Gasteiger partial charge in [0.2, 0.25) is 0 Å². The fourth-order valence-electron chi connectivity index (χ4n) is 1.54. The standard InChI is InChI=1S/C12H17ClF3N3/c1-3-5-9-18-10(13)8(2)11(19-9)17-7-4-6-12(14,15)16/h3-7H2,1-2H3,(H,17,18,19). The van der Waals surface area contributed by atoms with Gasteiger partial charge in [-0.05, 0) is 19.8 Å². The molecule has 1 rings (SSSR count). The molecule has 3 nitrogen and oxygen atoms in total. The quantitative estimate of drug-likeness (QED) is 0.633. The number of alkyl halides is 3. The molecule has 0 aliphatic heterocycles. The van der Waals surface area contributed by atoms with Gasteiger partial charge in [-0.2, -0.15) is 13.2 Å². The molecule has 0 fully saturated rings. The molecule has 1 aromatic heterocycles. The van der Waals surface area contributed by atoms with E-state index in [1.54, 1.807) is 6.92 Å². The van der Waals surface area contributed by atoms with Gasteiger partial charge in [-0.25, -0.2) is 9.97 Å². The molecular weight excluding hydrogens is 279 g/mol. The van der Waals surface area contributed by atoms with Gasteiger partial charge in [0.05, 0.1) is 0 Å². The second kappa shape index (κ2) is 6.93. The lowest BCUT2D eigenvalue weighted by Crippen LogP contribution is -2.13. The maximum absolute atomic E-state index is 12.0. The summed E-state index contributed by atoms with van der Waals surface area (Å²) in [6.45, 7) is 3.94. The third kappa shape index (κ3) is 5.63. The molecule has 0 amide bonds. The monoisotopic (exact) mass is 295 g/mol. The van der Waals surface area contributed by atoms with E-state index in [2.05, 4.69) is 15.3 Å². The molecule has 19 heavy (non-hydrogen) atoms. The van der Waals surface area contributed by atoms with Gasteiger partial charge in [0, 0.05) is 24.9 Å². The largest absolute Gasteiger partial charge is 0.389 e. The smallest absolute Gasteiger partial charge is 0.370 e. The lowest BCUT2D eigenvalue weighted by molar-refractivity contribution is -0.134. The number of hydrogen-bond acceptors (Lipinski definition) is 3. The Hall–Kier alpha value is -1.04. The Labute approximate surface area is 115 Å². The molecule has 7 heteroatoms. The van der Waals surface area contributed by atoms with E-state index in [1.165, 1.54) is 0 Å². The van der Waals surface area contributed by atoms with Crippen LogP contribution in [0.3, 0.4) is 0 Å². The zero-order chi connectivity index (χ0) is 14.5. The van der Waals surface area contributed by atoms with Crippen molar-refractivity contribution in [3.05, 3.63) is 16.5 Å². The molecular formula is C12H17ClF3N3. The predicted octanol–water partition coefficient (Wildman–Crippen LogP) is 4.15. The average molecular weight is 296 g/mol. The van der Waals surface area contributed by atoms with E-state index in [-0.39, 0.29) is 13.0 Å². The Morgan fingerprint density at radius 1 is 1.26 bits per heavy atom. The van der Waals surface area contributed by atoms with Crippen molar-refractivity contribution in [2.45, 2.75) is 45.7 Å². The van der Waals surface area contributed by atoms with E-state index in [0.717, 1.165) is 6.42 Å². The molecule has 0 saturated heterocycles. The molecule has 1 N–H and O–H groups in total. The van der Waals surface area contributed by atoms with Crippen LogP contribution in [0.15, 0.2) is 0 Å². The average Bonchev–Trinajstić information content (AvgIpc) is 2.29. The summed E-state index contributed by atoms with van der Waals surface area (Å²) >= 11 is 5.97. The van der Waals surface area contributed by atoms with E-state index in [1.807, 2.05) is 6.92 Å². The second-order valence-corrected chi connectivity index (χ2v) is 4.66. The molecule has 0 atom stereocenters. The summed E-state index contributed by atoms with van der Waals surface area (Å²) in [5.41, 5.74) is 0.661. The minimum absolute atomic E-state index is 0.00761. The number of rotatable bonds is 6. The van der Waals surface area contributed by atoms with Crippen molar-refractivity contribution < 1.29 is 13.2 Å². The summed E-state index contributed by atoms with van der Waals surface area (Å²) in [6, 6.07) is 0. The second-order valence-electron chi connectivity index (χ2n) is 4.30. The maximum atomic E-state index is 12.0. The van der Waals surface area contributed by atoms with Gasteiger partial charge in [-0.3, -0.25) is 0 Å². The Morgan fingerprint density at radius 2 is 1.95 bits per heavy atom. The van der Waals surface area contributed by atoms with Gasteiger partial charge in [0.1, 0.15) is 16.8 Å². The van der Waals surface area contributed by atoms with Crippen LogP contribution in [0.2, 0.25) is 5.15 Å². The number of nitrogens with zero attached hydrogens (tertiary/aromatic N) is 2. The third-order valence-electron chi connectivity index (χ3n) is 2.54. The Kier molecular flexibility index (Phi) is 5.85. The number of halogens is 4. The van der Waals surface area contributed by atoms with Crippen LogP contribution in [0.1, 0.15) is 37.6 Å². The lowest BCUT2D eigenvalue weighted by Gasteiger charge is -2.12. The van der Waals surface area contributed by atoms with Crippen molar-refractivity contribution in [2.24, 2.45) is 0 Å². The van der Waals surface area contributed by atoms with Crippen LogP contribution in [-0.2, 0) is 6.42 Å². The molecule has 1 aromatic rings. The summed E-state index contributed by atoms with van der Waals surface area (Å²) in [4.78, 5) is 8.39. The number of nitrogens with one attached hydrogen (secondary N) is 1. The molecule has 0 saturated carbocycles. The fraction of sp³-hybridized carbons (Fsp3) is 0.667. The molecule has 0 aliphatic carbocycles. The minimum Gasteiger partial charge on any atom is -0.370 e. The first kappa shape index (κ1) is 16.0. The van der Waals surface area contributed by atoms with E-state index in [0.29, 0.717) is 28.8 Å². The molecule has 0 aliphatic rings. The first-order valence-electron chi connectivity index (χ1n) is 6.17. The van der Waals surface area contributed by atoms with E-state index < -0.39 is 12.6 Å². The van der Waals surface area contributed by atoms with Crippen LogP contribution in [0.5, 0.6) is 0 Å². The van der Waals surface area contributed by atoms with Gasteiger partial charge >= 0.3 is 6.18 Å². The van der Waals surface area contributed by atoms with Crippen molar-refractivity contribution in [1.29, 1.82) is 0 Å². The number of anilines is 1. The molecule has 0 bridgehead atoms. The third-order valence-corrected chi connectivity index (χ3v) is 2.90. The molecule has 0 aromatic carbocycles. The van der Waals surface area contributed by atoms with E-state index in [4.69, 9.17) is 11.6 Å². The predicted molar refractivity (Wildman–Crippen MR) is 69.6 cm³/mol. The lowest BCUT2D eigenvalue weighted by atomic mass is 10.2. The maximum Gasteiger partial charge on any atom is 0.389 e. The number of hydrogen-bond donors (Lipinski definition) is 1. The highest BCUT2D eigenvalue weighted by Crippen LogP contribution is 2.23. The molecule has 0 unspecified atom stereocenters. The summed E-state index contributed by atoms with van der Waals surface area (Å²) in [6.07, 6.45) is -3.34. The summed E-state index contributed by atoms with van der Waals surface area (Å²) in [7, 11) is 0.